The maximum Gasteiger partial charge on any atom is 0.262 e. The van der Waals surface area contributed by atoms with E-state index in [-0.39, 0.29) is 17.6 Å². The van der Waals surface area contributed by atoms with Gasteiger partial charge in [-0.05, 0) is 36.8 Å². The minimum Gasteiger partial charge on any atom is -0.496 e. The summed E-state index contributed by atoms with van der Waals surface area (Å²) in [5.41, 5.74) is 8.63. The molecule has 9 nitrogen and oxygen atoms in total. The van der Waals surface area contributed by atoms with Crippen molar-refractivity contribution in [3.63, 3.8) is 0 Å². The summed E-state index contributed by atoms with van der Waals surface area (Å²) in [4.78, 5) is 19.1. The second kappa shape index (κ2) is 7.55. The third kappa shape index (κ3) is 3.70. The molecule has 4 rings (SSSR count). The van der Waals surface area contributed by atoms with Gasteiger partial charge >= 0.3 is 0 Å². The molecule has 0 fully saturated rings. The molecule has 0 unspecified atom stereocenters. The molecule has 0 aliphatic carbocycles. The molecular weight excluding hydrogens is 370 g/mol. The maximum absolute atomic E-state index is 5.91. The Kier molecular flexibility index (Phi) is 4.78. The number of rotatable bonds is 5. The van der Waals surface area contributed by atoms with E-state index in [0.29, 0.717) is 23.2 Å². The zero-order chi connectivity index (χ0) is 20.4. The van der Waals surface area contributed by atoms with Crippen molar-refractivity contribution in [3.05, 3.63) is 54.1 Å². The molecule has 0 aliphatic heterocycles. The summed E-state index contributed by atoms with van der Waals surface area (Å²) in [7, 11) is 3.43. The highest BCUT2D eigenvalue weighted by atomic mass is 16.5. The molecule has 29 heavy (non-hydrogen) atoms. The predicted molar refractivity (Wildman–Crippen MR) is 109 cm³/mol. The van der Waals surface area contributed by atoms with Crippen LogP contribution in [-0.4, -0.2) is 39.3 Å². The third-order valence-corrected chi connectivity index (χ3v) is 4.29. The first-order valence-electron chi connectivity index (χ1n) is 8.84. The van der Waals surface area contributed by atoms with Crippen molar-refractivity contribution < 1.29 is 9.26 Å². The molecule has 9 heteroatoms. The van der Waals surface area contributed by atoms with Crippen molar-refractivity contribution in [2.24, 2.45) is 0 Å². The molecule has 2 heterocycles. The molecule has 0 amide bonds. The van der Waals surface area contributed by atoms with E-state index >= 15 is 0 Å². The van der Waals surface area contributed by atoms with Gasteiger partial charge in [0.1, 0.15) is 5.75 Å². The van der Waals surface area contributed by atoms with Gasteiger partial charge in [-0.1, -0.05) is 29.4 Å². The van der Waals surface area contributed by atoms with Gasteiger partial charge in [0, 0.05) is 12.7 Å². The molecule has 0 radical (unpaired) electrons. The Bertz CT molecular complexity index is 1160. The van der Waals surface area contributed by atoms with Crippen molar-refractivity contribution in [1.29, 1.82) is 0 Å². The van der Waals surface area contributed by atoms with Gasteiger partial charge in [0.15, 0.2) is 0 Å². The van der Waals surface area contributed by atoms with Crippen LogP contribution in [0.25, 0.3) is 23.1 Å². The zero-order valence-electron chi connectivity index (χ0n) is 16.2. The number of para-hydroxylation sites is 1. The van der Waals surface area contributed by atoms with E-state index in [1.807, 2.05) is 67.4 Å². The standard InChI is InChI=1S/C20H19N7O2/c1-12-7-6-8-13(11-12)27(2)20-24-16(23-19(21)25-20)17-22-18(29-26-17)14-9-4-5-10-15(14)28-3/h4-11H,1-3H3,(H2,21,23,24,25). The minimum absolute atomic E-state index is 0.0631. The zero-order valence-corrected chi connectivity index (χ0v) is 16.2. The van der Waals surface area contributed by atoms with E-state index in [4.69, 9.17) is 15.0 Å². The Hall–Kier alpha value is -4.01. The molecule has 0 bridgehead atoms. The van der Waals surface area contributed by atoms with E-state index < -0.39 is 0 Å². The van der Waals surface area contributed by atoms with Gasteiger partial charge in [0.25, 0.3) is 5.89 Å². The summed E-state index contributed by atoms with van der Waals surface area (Å²) in [6, 6.07) is 15.3. The SMILES string of the molecule is COc1ccccc1-c1nc(-c2nc(N)nc(N(C)c3cccc(C)c3)n2)no1. The Balaban J connectivity index is 1.71. The summed E-state index contributed by atoms with van der Waals surface area (Å²) >= 11 is 0. The fourth-order valence-corrected chi connectivity index (χ4v) is 2.83. The average molecular weight is 389 g/mol. The molecule has 0 spiro atoms. The fraction of sp³-hybridized carbons (Fsp3) is 0.150. The van der Waals surface area contributed by atoms with E-state index in [2.05, 4.69) is 25.1 Å². The van der Waals surface area contributed by atoms with Gasteiger partial charge in [-0.3, -0.25) is 0 Å². The molecule has 2 N–H and O–H groups in total. The lowest BCUT2D eigenvalue weighted by Gasteiger charge is -2.17. The van der Waals surface area contributed by atoms with Crippen LogP contribution in [0.15, 0.2) is 53.1 Å². The first kappa shape index (κ1) is 18.4. The highest BCUT2D eigenvalue weighted by Crippen LogP contribution is 2.30. The second-order valence-corrected chi connectivity index (χ2v) is 6.34. The average Bonchev–Trinajstić information content (AvgIpc) is 3.23. The largest absolute Gasteiger partial charge is 0.496 e. The highest BCUT2D eigenvalue weighted by Gasteiger charge is 2.19. The molecule has 0 saturated heterocycles. The van der Waals surface area contributed by atoms with Gasteiger partial charge in [0.05, 0.1) is 12.7 Å². The van der Waals surface area contributed by atoms with Crippen LogP contribution in [0.2, 0.25) is 0 Å². The molecule has 0 saturated carbocycles. The van der Waals surface area contributed by atoms with Gasteiger partial charge < -0.3 is 19.9 Å². The van der Waals surface area contributed by atoms with Crippen LogP contribution in [0.5, 0.6) is 5.75 Å². The first-order valence-corrected chi connectivity index (χ1v) is 8.84. The molecule has 146 valence electrons. The quantitative estimate of drug-likeness (QED) is 0.549. The van der Waals surface area contributed by atoms with Gasteiger partial charge in [-0.25, -0.2) is 0 Å². The van der Waals surface area contributed by atoms with Crippen LogP contribution in [0, 0.1) is 6.92 Å². The summed E-state index contributed by atoms with van der Waals surface area (Å²) in [5.74, 6) is 1.79. The summed E-state index contributed by atoms with van der Waals surface area (Å²) in [5, 5.41) is 4.00. The third-order valence-electron chi connectivity index (χ3n) is 4.29. The van der Waals surface area contributed by atoms with Crippen LogP contribution in [0.3, 0.4) is 0 Å². The number of hydrogen-bond donors (Lipinski definition) is 1. The van der Waals surface area contributed by atoms with Gasteiger partial charge in [0.2, 0.25) is 23.5 Å². The topological polar surface area (TPSA) is 116 Å². The Morgan fingerprint density at radius 2 is 1.79 bits per heavy atom. The van der Waals surface area contributed by atoms with E-state index in [1.54, 1.807) is 7.11 Å². The number of nitrogen functional groups attached to an aromatic ring is 1. The van der Waals surface area contributed by atoms with Crippen LogP contribution in [0.1, 0.15) is 5.56 Å². The number of ether oxygens (including phenoxy) is 1. The van der Waals surface area contributed by atoms with Gasteiger partial charge in [-0.15, -0.1) is 0 Å². The number of anilines is 3. The molecule has 0 aliphatic rings. The van der Waals surface area contributed by atoms with E-state index in [9.17, 15) is 0 Å². The van der Waals surface area contributed by atoms with Crippen molar-refractivity contribution in [2.75, 3.05) is 24.8 Å². The lowest BCUT2D eigenvalue weighted by molar-refractivity contribution is 0.405. The van der Waals surface area contributed by atoms with Crippen LogP contribution in [-0.2, 0) is 0 Å². The number of benzene rings is 2. The maximum atomic E-state index is 5.91. The molecule has 4 aromatic rings. The summed E-state index contributed by atoms with van der Waals surface area (Å²) in [6.07, 6.45) is 0. The van der Waals surface area contributed by atoms with Crippen molar-refractivity contribution >= 4 is 17.6 Å². The van der Waals surface area contributed by atoms with Crippen molar-refractivity contribution in [2.45, 2.75) is 6.92 Å². The smallest absolute Gasteiger partial charge is 0.262 e. The molecular formula is C20H19N7O2. The first-order chi connectivity index (χ1) is 14.0. The minimum atomic E-state index is 0.0631. The highest BCUT2D eigenvalue weighted by molar-refractivity contribution is 5.65. The predicted octanol–water partition coefficient (Wildman–Crippen LogP) is 3.26. The normalized spacial score (nSPS) is 10.7. The van der Waals surface area contributed by atoms with Crippen LogP contribution < -0.4 is 15.4 Å². The Morgan fingerprint density at radius 1 is 0.966 bits per heavy atom. The Labute approximate surface area is 167 Å². The molecule has 2 aromatic heterocycles. The molecule has 2 aromatic carbocycles. The van der Waals surface area contributed by atoms with Crippen LogP contribution >= 0.6 is 0 Å². The van der Waals surface area contributed by atoms with E-state index in [1.165, 1.54) is 0 Å². The van der Waals surface area contributed by atoms with E-state index in [0.717, 1.165) is 11.3 Å². The summed E-state index contributed by atoms with van der Waals surface area (Å²) in [6.45, 7) is 2.02. The fourth-order valence-electron chi connectivity index (χ4n) is 2.83. The lowest BCUT2D eigenvalue weighted by atomic mass is 10.2. The monoisotopic (exact) mass is 389 g/mol. The second-order valence-electron chi connectivity index (χ2n) is 6.34. The van der Waals surface area contributed by atoms with Crippen molar-refractivity contribution in [3.8, 4) is 28.9 Å². The number of nitrogens with two attached hydrogens (primary N) is 1. The number of methoxy groups -OCH3 is 1. The van der Waals surface area contributed by atoms with Gasteiger partial charge in [-0.2, -0.15) is 19.9 Å². The van der Waals surface area contributed by atoms with Crippen molar-refractivity contribution in [1.82, 2.24) is 25.1 Å². The number of aryl methyl sites for hydroxylation is 1. The van der Waals surface area contributed by atoms with Crippen LogP contribution in [0.4, 0.5) is 17.6 Å². The molecule has 0 atom stereocenters. The lowest BCUT2D eigenvalue weighted by Crippen LogP contribution is -2.15. The summed E-state index contributed by atoms with van der Waals surface area (Å²) < 4.78 is 10.7. The Morgan fingerprint density at radius 3 is 2.59 bits per heavy atom. The number of aromatic nitrogens is 5. The number of hydrogen-bond acceptors (Lipinski definition) is 9. The number of nitrogens with zero attached hydrogens (tertiary/aromatic N) is 6.